The molecule has 0 radical (unpaired) electrons. The van der Waals surface area contributed by atoms with Crippen LogP contribution in [0.2, 0.25) is 0 Å². The first-order valence-electron chi connectivity index (χ1n) is 5.00. The molecule has 0 aliphatic heterocycles. The van der Waals surface area contributed by atoms with Crippen LogP contribution >= 0.6 is 15.9 Å². The molecule has 0 saturated carbocycles. The zero-order valence-corrected chi connectivity index (χ0v) is 12.5. The number of nitrogens with zero attached hydrogens (tertiary/aromatic N) is 2. The van der Waals surface area contributed by atoms with Crippen molar-refractivity contribution in [1.29, 1.82) is 0 Å². The van der Waals surface area contributed by atoms with E-state index < -0.39 is 21.7 Å². The minimum atomic E-state index is -1.40. The molecule has 0 fully saturated rings. The summed E-state index contributed by atoms with van der Waals surface area (Å²) >= 11 is 3.21. The maximum Gasteiger partial charge on any atom is 0.222 e. The van der Waals surface area contributed by atoms with Crippen LogP contribution in [0.4, 0.5) is 4.39 Å². The summed E-state index contributed by atoms with van der Waals surface area (Å²) in [7, 11) is -1.40. The molecule has 17 heavy (non-hydrogen) atoms. The highest BCUT2D eigenvalue weighted by molar-refractivity contribution is 9.10. The van der Waals surface area contributed by atoms with E-state index >= 15 is 0 Å². The van der Waals surface area contributed by atoms with Gasteiger partial charge in [0.25, 0.3) is 0 Å². The highest BCUT2D eigenvalue weighted by atomic mass is 79.9. The molecule has 6 heteroatoms. The summed E-state index contributed by atoms with van der Waals surface area (Å²) < 4.78 is 29.5. The SMILES string of the molecule is CC(=N[S@](=O)C(C)(C)C)c1cc(Br)cnc1F. The van der Waals surface area contributed by atoms with Gasteiger partial charge in [0, 0.05) is 10.7 Å². The van der Waals surface area contributed by atoms with E-state index in [1.54, 1.807) is 13.0 Å². The highest BCUT2D eigenvalue weighted by Gasteiger charge is 2.20. The van der Waals surface area contributed by atoms with Gasteiger partial charge in [-0.25, -0.2) is 9.19 Å². The van der Waals surface area contributed by atoms with Crippen molar-refractivity contribution in [2.24, 2.45) is 4.40 Å². The highest BCUT2D eigenvalue weighted by Crippen LogP contribution is 2.17. The van der Waals surface area contributed by atoms with Gasteiger partial charge in [0.2, 0.25) is 5.95 Å². The van der Waals surface area contributed by atoms with Gasteiger partial charge in [-0.1, -0.05) is 0 Å². The molecule has 1 atom stereocenters. The third-order valence-corrected chi connectivity index (χ3v) is 3.86. The first kappa shape index (κ1) is 14.4. The third-order valence-electron chi connectivity index (χ3n) is 1.94. The molecular formula is C11H14BrFN2OS. The lowest BCUT2D eigenvalue weighted by molar-refractivity contribution is 0.580. The molecule has 0 aliphatic carbocycles. The second-order valence-corrected chi connectivity index (χ2v) is 7.35. The van der Waals surface area contributed by atoms with E-state index in [0.717, 1.165) is 0 Å². The monoisotopic (exact) mass is 320 g/mol. The Morgan fingerprint density at radius 1 is 1.53 bits per heavy atom. The molecule has 1 aromatic rings. The summed E-state index contributed by atoms with van der Waals surface area (Å²) in [5.41, 5.74) is 0.640. The van der Waals surface area contributed by atoms with Gasteiger partial charge in [-0.15, -0.1) is 0 Å². The molecule has 1 heterocycles. The van der Waals surface area contributed by atoms with Crippen molar-refractivity contribution in [2.75, 3.05) is 0 Å². The van der Waals surface area contributed by atoms with Crippen LogP contribution in [0.3, 0.4) is 0 Å². The fourth-order valence-electron chi connectivity index (χ4n) is 0.987. The van der Waals surface area contributed by atoms with Gasteiger partial charge in [-0.3, -0.25) is 0 Å². The molecule has 0 aromatic carbocycles. The molecule has 0 N–H and O–H groups in total. The molecular weight excluding hydrogens is 307 g/mol. The number of hydrogen-bond donors (Lipinski definition) is 0. The Hall–Kier alpha value is -0.620. The minimum absolute atomic E-state index is 0.261. The smallest absolute Gasteiger partial charge is 0.222 e. The van der Waals surface area contributed by atoms with Crippen LogP contribution < -0.4 is 0 Å². The molecule has 0 aliphatic rings. The number of pyridine rings is 1. The summed E-state index contributed by atoms with van der Waals surface area (Å²) in [6.45, 7) is 7.07. The van der Waals surface area contributed by atoms with Crippen LogP contribution in [0, 0.1) is 5.95 Å². The van der Waals surface area contributed by atoms with Crippen LogP contribution in [-0.2, 0) is 11.0 Å². The van der Waals surface area contributed by atoms with Crippen LogP contribution in [-0.4, -0.2) is 19.7 Å². The maximum absolute atomic E-state index is 13.5. The van der Waals surface area contributed by atoms with Crippen molar-refractivity contribution >= 4 is 32.6 Å². The summed E-state index contributed by atoms with van der Waals surface area (Å²) in [6.07, 6.45) is 1.37. The number of aromatic nitrogens is 1. The van der Waals surface area contributed by atoms with Crippen molar-refractivity contribution in [3.8, 4) is 0 Å². The normalized spacial score (nSPS) is 14.8. The lowest BCUT2D eigenvalue weighted by Crippen LogP contribution is -2.21. The van der Waals surface area contributed by atoms with Crippen LogP contribution in [0.15, 0.2) is 21.1 Å². The third kappa shape index (κ3) is 3.96. The zero-order chi connectivity index (χ0) is 13.2. The Balaban J connectivity index is 3.12. The van der Waals surface area contributed by atoms with E-state index in [2.05, 4.69) is 25.3 Å². The molecule has 0 unspecified atom stereocenters. The van der Waals surface area contributed by atoms with Crippen molar-refractivity contribution in [2.45, 2.75) is 32.4 Å². The molecule has 0 spiro atoms. The fourth-order valence-corrected chi connectivity index (χ4v) is 1.94. The summed E-state index contributed by atoms with van der Waals surface area (Å²) in [4.78, 5) is 3.58. The predicted molar refractivity (Wildman–Crippen MR) is 72.0 cm³/mol. The van der Waals surface area contributed by atoms with Gasteiger partial charge in [-0.2, -0.15) is 8.79 Å². The molecule has 1 aromatic heterocycles. The average Bonchev–Trinajstić information content (AvgIpc) is 2.20. The van der Waals surface area contributed by atoms with E-state index in [0.29, 0.717) is 10.2 Å². The molecule has 0 bridgehead atoms. The Kier molecular flexibility index (Phi) is 4.55. The van der Waals surface area contributed by atoms with Crippen molar-refractivity contribution in [1.82, 2.24) is 4.98 Å². The Bertz CT molecular complexity index is 483. The molecule has 1 rings (SSSR count). The fraction of sp³-hybridized carbons (Fsp3) is 0.455. The van der Waals surface area contributed by atoms with Crippen LogP contribution in [0.25, 0.3) is 0 Å². The Labute approximate surface area is 111 Å². The standard InChI is InChI=1S/C11H14BrFN2OS/c1-7(15-17(16)11(2,3)4)9-5-8(12)6-14-10(9)13/h5-6H,1-4H3/t17-/m1/s1. The van der Waals surface area contributed by atoms with Crippen molar-refractivity contribution < 1.29 is 8.60 Å². The quantitative estimate of drug-likeness (QED) is 0.620. The van der Waals surface area contributed by atoms with Crippen molar-refractivity contribution in [3.63, 3.8) is 0 Å². The topological polar surface area (TPSA) is 42.3 Å². The van der Waals surface area contributed by atoms with E-state index in [4.69, 9.17) is 0 Å². The summed E-state index contributed by atoms with van der Waals surface area (Å²) in [6, 6.07) is 1.57. The lowest BCUT2D eigenvalue weighted by atomic mass is 10.2. The second kappa shape index (κ2) is 5.35. The number of halogens is 2. The van der Waals surface area contributed by atoms with Crippen LogP contribution in [0.5, 0.6) is 0 Å². The molecule has 3 nitrogen and oxygen atoms in total. The average molecular weight is 321 g/mol. The van der Waals surface area contributed by atoms with Gasteiger partial charge in [0.1, 0.15) is 11.0 Å². The predicted octanol–water partition coefficient (Wildman–Crippen LogP) is 3.25. The van der Waals surface area contributed by atoms with Crippen molar-refractivity contribution in [3.05, 3.63) is 28.2 Å². The van der Waals surface area contributed by atoms with E-state index in [-0.39, 0.29) is 5.56 Å². The van der Waals surface area contributed by atoms with Gasteiger partial charge >= 0.3 is 0 Å². The van der Waals surface area contributed by atoms with Crippen LogP contribution in [0.1, 0.15) is 33.3 Å². The largest absolute Gasteiger partial charge is 0.234 e. The molecule has 94 valence electrons. The van der Waals surface area contributed by atoms with Gasteiger partial charge < -0.3 is 0 Å². The summed E-state index contributed by atoms with van der Waals surface area (Å²) in [5, 5.41) is 0. The minimum Gasteiger partial charge on any atom is -0.234 e. The maximum atomic E-state index is 13.5. The first-order chi connectivity index (χ1) is 7.71. The van der Waals surface area contributed by atoms with Gasteiger partial charge in [-0.05, 0) is 49.7 Å². The number of rotatable bonds is 2. The summed E-state index contributed by atoms with van der Waals surface area (Å²) in [5.74, 6) is -0.611. The molecule has 0 amide bonds. The van der Waals surface area contributed by atoms with E-state index in [1.165, 1.54) is 6.20 Å². The van der Waals surface area contributed by atoms with E-state index in [9.17, 15) is 8.60 Å². The zero-order valence-electron chi connectivity index (χ0n) is 10.1. The second-order valence-electron chi connectivity index (χ2n) is 4.53. The Morgan fingerprint density at radius 3 is 2.65 bits per heavy atom. The first-order valence-corrected chi connectivity index (χ1v) is 6.90. The van der Waals surface area contributed by atoms with Gasteiger partial charge in [0.15, 0.2) is 0 Å². The number of hydrogen-bond acceptors (Lipinski definition) is 2. The van der Waals surface area contributed by atoms with Gasteiger partial charge in [0.05, 0.1) is 16.0 Å². The molecule has 0 saturated heterocycles. The van der Waals surface area contributed by atoms with E-state index in [1.807, 2.05) is 20.8 Å². The Morgan fingerprint density at radius 2 is 2.12 bits per heavy atom. The lowest BCUT2D eigenvalue weighted by Gasteiger charge is -2.14.